The second-order valence-electron chi connectivity index (χ2n) is 4.69. The Labute approximate surface area is 125 Å². The highest BCUT2D eigenvalue weighted by Crippen LogP contribution is 2.34. The monoisotopic (exact) mass is 331 g/mol. The van der Waals surface area contributed by atoms with E-state index in [0.717, 1.165) is 10.0 Å². The Morgan fingerprint density at radius 1 is 1.11 bits per heavy atom. The standard InChI is InChI=1S/C16H14BrNS/c1-10-6-7-12(14(17)8-10)16(18)13-9-19-15-5-3-2-4-11(13)15/h2-9,16H,18H2,1H3. The molecule has 2 aromatic carbocycles. The van der Waals surface area contributed by atoms with Crippen LogP contribution < -0.4 is 5.73 Å². The zero-order chi connectivity index (χ0) is 13.4. The Morgan fingerprint density at radius 2 is 1.89 bits per heavy atom. The lowest BCUT2D eigenvalue weighted by molar-refractivity contribution is 0.878. The molecule has 0 fully saturated rings. The van der Waals surface area contributed by atoms with Gasteiger partial charge in [-0.3, -0.25) is 0 Å². The molecular formula is C16H14BrNS. The number of aryl methyl sites for hydroxylation is 1. The van der Waals surface area contributed by atoms with E-state index in [1.165, 1.54) is 21.2 Å². The Morgan fingerprint density at radius 3 is 2.68 bits per heavy atom. The van der Waals surface area contributed by atoms with Crippen molar-refractivity contribution < 1.29 is 0 Å². The summed E-state index contributed by atoms with van der Waals surface area (Å²) < 4.78 is 2.37. The summed E-state index contributed by atoms with van der Waals surface area (Å²) in [6.45, 7) is 2.08. The molecule has 0 saturated carbocycles. The number of rotatable bonds is 2. The van der Waals surface area contributed by atoms with Gasteiger partial charge in [0.05, 0.1) is 6.04 Å². The van der Waals surface area contributed by atoms with Gasteiger partial charge in [0.2, 0.25) is 0 Å². The molecular weight excluding hydrogens is 318 g/mol. The normalized spacial score (nSPS) is 12.8. The van der Waals surface area contributed by atoms with Gasteiger partial charge in [-0.1, -0.05) is 46.3 Å². The molecule has 0 aliphatic heterocycles. The molecule has 1 unspecified atom stereocenters. The van der Waals surface area contributed by atoms with Crippen molar-refractivity contribution in [2.75, 3.05) is 0 Å². The molecule has 0 amide bonds. The van der Waals surface area contributed by atoms with Crippen molar-refractivity contribution in [1.82, 2.24) is 0 Å². The van der Waals surface area contributed by atoms with Crippen molar-refractivity contribution >= 4 is 37.4 Å². The molecule has 3 aromatic rings. The summed E-state index contributed by atoms with van der Waals surface area (Å²) in [5, 5.41) is 3.43. The average molecular weight is 332 g/mol. The molecule has 1 heterocycles. The molecule has 3 rings (SSSR count). The zero-order valence-electron chi connectivity index (χ0n) is 10.6. The molecule has 1 atom stereocenters. The van der Waals surface area contributed by atoms with E-state index in [4.69, 9.17) is 5.73 Å². The zero-order valence-corrected chi connectivity index (χ0v) is 13.0. The van der Waals surface area contributed by atoms with E-state index >= 15 is 0 Å². The minimum atomic E-state index is -0.0916. The van der Waals surface area contributed by atoms with Crippen LogP contribution in [0.5, 0.6) is 0 Å². The van der Waals surface area contributed by atoms with Crippen molar-refractivity contribution in [2.24, 2.45) is 5.73 Å². The van der Waals surface area contributed by atoms with E-state index in [-0.39, 0.29) is 6.04 Å². The summed E-state index contributed by atoms with van der Waals surface area (Å²) in [7, 11) is 0. The highest BCUT2D eigenvalue weighted by Gasteiger charge is 2.16. The summed E-state index contributed by atoms with van der Waals surface area (Å²) >= 11 is 5.37. The predicted molar refractivity (Wildman–Crippen MR) is 86.7 cm³/mol. The first-order valence-electron chi connectivity index (χ1n) is 6.14. The van der Waals surface area contributed by atoms with E-state index in [2.05, 4.69) is 70.7 Å². The minimum Gasteiger partial charge on any atom is -0.320 e. The lowest BCUT2D eigenvalue weighted by Crippen LogP contribution is -2.12. The number of fused-ring (bicyclic) bond motifs is 1. The van der Waals surface area contributed by atoms with Crippen LogP contribution >= 0.6 is 27.3 Å². The lowest BCUT2D eigenvalue weighted by Gasteiger charge is -2.14. The molecule has 1 aromatic heterocycles. The molecule has 0 aliphatic rings. The number of hydrogen-bond acceptors (Lipinski definition) is 2. The molecule has 1 nitrogen and oxygen atoms in total. The van der Waals surface area contributed by atoms with E-state index in [1.807, 2.05) is 0 Å². The van der Waals surface area contributed by atoms with Gasteiger partial charge in [0, 0.05) is 9.17 Å². The van der Waals surface area contributed by atoms with E-state index < -0.39 is 0 Å². The Kier molecular flexibility index (Phi) is 3.44. The predicted octanol–water partition coefficient (Wildman–Crippen LogP) is 5.02. The van der Waals surface area contributed by atoms with Crippen molar-refractivity contribution in [3.05, 3.63) is 69.0 Å². The number of thiophene rings is 1. The van der Waals surface area contributed by atoms with Crippen LogP contribution in [0.15, 0.2) is 52.3 Å². The molecule has 19 heavy (non-hydrogen) atoms. The molecule has 2 N–H and O–H groups in total. The fourth-order valence-corrected chi connectivity index (χ4v) is 4.03. The van der Waals surface area contributed by atoms with Gasteiger partial charge in [0.25, 0.3) is 0 Å². The number of halogens is 1. The summed E-state index contributed by atoms with van der Waals surface area (Å²) in [5.41, 5.74) is 10.0. The van der Waals surface area contributed by atoms with E-state index in [0.29, 0.717) is 0 Å². The van der Waals surface area contributed by atoms with E-state index in [9.17, 15) is 0 Å². The van der Waals surface area contributed by atoms with Gasteiger partial charge in [-0.15, -0.1) is 11.3 Å². The first kappa shape index (κ1) is 12.9. The average Bonchev–Trinajstić information content (AvgIpc) is 2.82. The fourth-order valence-electron chi connectivity index (χ4n) is 2.29. The summed E-state index contributed by atoms with van der Waals surface area (Å²) in [6, 6.07) is 14.6. The summed E-state index contributed by atoms with van der Waals surface area (Å²) in [6.07, 6.45) is 0. The Bertz CT molecular complexity index is 732. The molecule has 3 heteroatoms. The van der Waals surface area contributed by atoms with Gasteiger partial charge in [-0.05, 0) is 46.5 Å². The highest BCUT2D eigenvalue weighted by atomic mass is 79.9. The number of benzene rings is 2. The van der Waals surface area contributed by atoms with E-state index in [1.54, 1.807) is 11.3 Å². The van der Waals surface area contributed by atoms with Gasteiger partial charge in [-0.2, -0.15) is 0 Å². The Hall–Kier alpha value is -1.16. The van der Waals surface area contributed by atoms with Crippen LogP contribution in [0.2, 0.25) is 0 Å². The number of hydrogen-bond donors (Lipinski definition) is 1. The molecule has 0 aliphatic carbocycles. The van der Waals surface area contributed by atoms with Crippen LogP contribution in [-0.4, -0.2) is 0 Å². The molecule has 0 radical (unpaired) electrons. The topological polar surface area (TPSA) is 26.0 Å². The number of nitrogens with two attached hydrogens (primary N) is 1. The first-order chi connectivity index (χ1) is 9.16. The van der Waals surface area contributed by atoms with Gasteiger partial charge in [0.15, 0.2) is 0 Å². The summed E-state index contributed by atoms with van der Waals surface area (Å²) in [4.78, 5) is 0. The van der Waals surface area contributed by atoms with Crippen LogP contribution in [0.1, 0.15) is 22.7 Å². The third-order valence-corrected chi connectivity index (χ3v) is 5.01. The molecule has 0 spiro atoms. The maximum absolute atomic E-state index is 6.45. The SMILES string of the molecule is Cc1ccc(C(N)c2csc3ccccc23)c(Br)c1. The van der Waals surface area contributed by atoms with Crippen molar-refractivity contribution in [2.45, 2.75) is 13.0 Å². The molecule has 0 bridgehead atoms. The maximum Gasteiger partial charge on any atom is 0.0577 e. The van der Waals surface area contributed by atoms with Crippen LogP contribution in [0.4, 0.5) is 0 Å². The van der Waals surface area contributed by atoms with Crippen molar-refractivity contribution in [3.63, 3.8) is 0 Å². The van der Waals surface area contributed by atoms with Crippen LogP contribution in [0.3, 0.4) is 0 Å². The third kappa shape index (κ3) is 2.34. The van der Waals surface area contributed by atoms with Crippen LogP contribution in [-0.2, 0) is 0 Å². The Balaban J connectivity index is 2.10. The minimum absolute atomic E-state index is 0.0916. The summed E-state index contributed by atoms with van der Waals surface area (Å²) in [5.74, 6) is 0. The van der Waals surface area contributed by atoms with Crippen LogP contribution in [0.25, 0.3) is 10.1 Å². The quantitative estimate of drug-likeness (QED) is 0.700. The molecule has 96 valence electrons. The van der Waals surface area contributed by atoms with Crippen molar-refractivity contribution in [1.29, 1.82) is 0 Å². The van der Waals surface area contributed by atoms with Crippen molar-refractivity contribution in [3.8, 4) is 0 Å². The molecule has 0 saturated heterocycles. The van der Waals surface area contributed by atoms with Gasteiger partial charge < -0.3 is 5.73 Å². The van der Waals surface area contributed by atoms with Gasteiger partial charge in [-0.25, -0.2) is 0 Å². The fraction of sp³-hybridized carbons (Fsp3) is 0.125. The largest absolute Gasteiger partial charge is 0.320 e. The maximum atomic E-state index is 6.45. The lowest BCUT2D eigenvalue weighted by atomic mass is 9.98. The smallest absolute Gasteiger partial charge is 0.0577 e. The third-order valence-electron chi connectivity index (χ3n) is 3.34. The first-order valence-corrected chi connectivity index (χ1v) is 7.82. The second-order valence-corrected chi connectivity index (χ2v) is 6.46. The van der Waals surface area contributed by atoms with Crippen LogP contribution in [0, 0.1) is 6.92 Å². The van der Waals surface area contributed by atoms with Gasteiger partial charge >= 0.3 is 0 Å². The second kappa shape index (κ2) is 5.08. The highest BCUT2D eigenvalue weighted by molar-refractivity contribution is 9.10. The van der Waals surface area contributed by atoms with Gasteiger partial charge in [0.1, 0.15) is 0 Å².